The fraction of sp³-hybridized carbons (Fsp3) is 0.0769. The first kappa shape index (κ1) is 13.2. The second-order valence-electron chi connectivity index (χ2n) is 4.26. The molecule has 0 saturated carbocycles. The van der Waals surface area contributed by atoms with E-state index in [1.807, 2.05) is 0 Å². The molecule has 0 unspecified atom stereocenters. The van der Waals surface area contributed by atoms with E-state index in [1.165, 1.54) is 24.5 Å². The van der Waals surface area contributed by atoms with Crippen molar-refractivity contribution >= 4 is 16.7 Å². The molecule has 3 heterocycles. The van der Waals surface area contributed by atoms with E-state index in [-0.39, 0.29) is 17.2 Å². The number of nitrogens with two attached hydrogens (primary N) is 1. The number of alkyl halides is 3. The summed E-state index contributed by atoms with van der Waals surface area (Å²) in [4.78, 5) is 7.93. The molecule has 3 rings (SSSR count). The Morgan fingerprint density at radius 3 is 2.67 bits per heavy atom. The highest BCUT2D eigenvalue weighted by molar-refractivity contribution is 5.88. The monoisotopic (exact) mass is 291 g/mol. The summed E-state index contributed by atoms with van der Waals surface area (Å²) in [6.07, 6.45) is -1.88. The third-order valence-corrected chi connectivity index (χ3v) is 2.90. The van der Waals surface area contributed by atoms with Crippen LogP contribution in [0.5, 0.6) is 0 Å². The molecule has 21 heavy (non-hydrogen) atoms. The lowest BCUT2D eigenvalue weighted by Gasteiger charge is -2.11. The molecule has 0 aliphatic rings. The lowest BCUT2D eigenvalue weighted by atomic mass is 10.1. The molecule has 5 nitrogen and oxygen atoms in total. The Hall–Kier alpha value is -2.77. The number of nitrogen functional groups attached to an aromatic ring is 1. The van der Waals surface area contributed by atoms with Gasteiger partial charge in [0, 0.05) is 11.6 Å². The average molecular weight is 291 g/mol. The summed E-state index contributed by atoms with van der Waals surface area (Å²) in [5, 5.41) is 7.82. The van der Waals surface area contributed by atoms with Crippen LogP contribution in [0, 0.1) is 0 Å². The van der Waals surface area contributed by atoms with Crippen molar-refractivity contribution in [3.8, 4) is 11.4 Å². The maximum atomic E-state index is 13.0. The van der Waals surface area contributed by atoms with Gasteiger partial charge >= 0.3 is 6.18 Å². The Morgan fingerprint density at radius 2 is 1.90 bits per heavy atom. The van der Waals surface area contributed by atoms with Gasteiger partial charge in [-0.2, -0.15) is 18.3 Å². The number of fused-ring (bicyclic) bond motifs is 1. The Balaban J connectivity index is 2.22. The van der Waals surface area contributed by atoms with Crippen molar-refractivity contribution in [3.63, 3.8) is 0 Å². The van der Waals surface area contributed by atoms with Gasteiger partial charge in [0.25, 0.3) is 0 Å². The fourth-order valence-corrected chi connectivity index (χ4v) is 1.96. The molecular weight excluding hydrogens is 283 g/mol. The predicted octanol–water partition coefficient (Wildman–Crippen LogP) is 2.69. The second-order valence-corrected chi connectivity index (χ2v) is 4.26. The van der Waals surface area contributed by atoms with Gasteiger partial charge in [0.15, 0.2) is 5.82 Å². The summed E-state index contributed by atoms with van der Waals surface area (Å²) in [6, 6.07) is 5.18. The van der Waals surface area contributed by atoms with Crippen molar-refractivity contribution < 1.29 is 13.2 Å². The number of aromatic nitrogens is 4. The number of rotatable bonds is 1. The minimum Gasteiger partial charge on any atom is -0.382 e. The van der Waals surface area contributed by atoms with Crippen molar-refractivity contribution in [1.82, 2.24) is 20.2 Å². The molecule has 0 aliphatic carbocycles. The van der Waals surface area contributed by atoms with E-state index in [0.29, 0.717) is 10.9 Å². The minimum atomic E-state index is -4.50. The molecule has 106 valence electrons. The highest BCUT2D eigenvalue weighted by atomic mass is 19.4. The third kappa shape index (κ3) is 2.35. The molecular formula is C13H8F3N5. The number of halogens is 3. The highest BCUT2D eigenvalue weighted by Gasteiger charge is 2.34. The van der Waals surface area contributed by atoms with E-state index in [0.717, 1.165) is 6.07 Å². The molecule has 0 aliphatic heterocycles. The lowest BCUT2D eigenvalue weighted by Crippen LogP contribution is -2.08. The van der Waals surface area contributed by atoms with Gasteiger partial charge in [-0.05, 0) is 24.3 Å². The number of anilines is 1. The first-order valence-electron chi connectivity index (χ1n) is 5.87. The molecule has 3 aromatic rings. The van der Waals surface area contributed by atoms with Crippen LogP contribution in [0.3, 0.4) is 0 Å². The quantitative estimate of drug-likeness (QED) is 0.745. The number of hydrogen-bond donors (Lipinski definition) is 1. The molecule has 8 heteroatoms. The van der Waals surface area contributed by atoms with Crippen molar-refractivity contribution in [2.24, 2.45) is 0 Å². The molecule has 0 fully saturated rings. The van der Waals surface area contributed by atoms with E-state index < -0.39 is 11.7 Å². The number of pyridine rings is 2. The van der Waals surface area contributed by atoms with Gasteiger partial charge in [-0.3, -0.25) is 4.98 Å². The molecule has 0 aromatic carbocycles. The number of nitrogens with zero attached hydrogens (tertiary/aromatic N) is 4. The van der Waals surface area contributed by atoms with Crippen LogP contribution in [0.25, 0.3) is 22.3 Å². The van der Waals surface area contributed by atoms with Crippen molar-refractivity contribution in [1.29, 1.82) is 0 Å². The normalized spacial score (nSPS) is 11.8. The van der Waals surface area contributed by atoms with Gasteiger partial charge in [-0.15, -0.1) is 5.10 Å². The highest BCUT2D eigenvalue weighted by Crippen LogP contribution is 2.35. The molecule has 0 spiro atoms. The average Bonchev–Trinajstić information content (AvgIpc) is 2.46. The topological polar surface area (TPSA) is 77.6 Å². The summed E-state index contributed by atoms with van der Waals surface area (Å²) in [7, 11) is 0. The maximum Gasteiger partial charge on any atom is 0.418 e. The second kappa shape index (κ2) is 4.65. The van der Waals surface area contributed by atoms with Gasteiger partial charge < -0.3 is 5.73 Å². The van der Waals surface area contributed by atoms with Crippen molar-refractivity contribution in [3.05, 3.63) is 42.2 Å². The summed E-state index contributed by atoms with van der Waals surface area (Å²) in [5.74, 6) is 0.170. The first-order valence-corrected chi connectivity index (χ1v) is 5.87. The molecule has 0 atom stereocenters. The minimum absolute atomic E-state index is 0.0998. The van der Waals surface area contributed by atoms with Crippen LogP contribution in [0.1, 0.15) is 5.56 Å². The maximum absolute atomic E-state index is 13.0. The third-order valence-electron chi connectivity index (χ3n) is 2.90. The summed E-state index contributed by atoms with van der Waals surface area (Å²) in [6.45, 7) is 0. The summed E-state index contributed by atoms with van der Waals surface area (Å²) >= 11 is 0. The van der Waals surface area contributed by atoms with Gasteiger partial charge in [-0.1, -0.05) is 0 Å². The van der Waals surface area contributed by atoms with Crippen LogP contribution < -0.4 is 5.73 Å². The standard InChI is InChI=1S/C13H8F3N5/c14-13(15,16)8-2-1-5-18-11(8)9-4-3-7-10(20-9)6-19-21-12(7)17/h1-6H,(H2,17,21). The zero-order valence-electron chi connectivity index (χ0n) is 10.5. The van der Waals surface area contributed by atoms with E-state index >= 15 is 0 Å². The Labute approximate surface area is 116 Å². The molecule has 0 saturated heterocycles. The lowest BCUT2D eigenvalue weighted by molar-refractivity contribution is -0.137. The van der Waals surface area contributed by atoms with E-state index in [2.05, 4.69) is 20.2 Å². The van der Waals surface area contributed by atoms with Crippen LogP contribution in [0.4, 0.5) is 19.0 Å². The van der Waals surface area contributed by atoms with E-state index in [9.17, 15) is 13.2 Å². The SMILES string of the molecule is Nc1nncc2nc(-c3ncccc3C(F)(F)F)ccc12. The molecule has 2 N–H and O–H groups in total. The van der Waals surface area contributed by atoms with Crippen LogP contribution >= 0.6 is 0 Å². The van der Waals surface area contributed by atoms with Crippen LogP contribution in [-0.4, -0.2) is 20.2 Å². The summed E-state index contributed by atoms with van der Waals surface area (Å²) < 4.78 is 39.0. The van der Waals surface area contributed by atoms with Crippen molar-refractivity contribution in [2.75, 3.05) is 5.73 Å². The predicted molar refractivity (Wildman–Crippen MR) is 70.0 cm³/mol. The Morgan fingerprint density at radius 1 is 1.10 bits per heavy atom. The van der Waals surface area contributed by atoms with Gasteiger partial charge in [0.05, 0.1) is 23.0 Å². The van der Waals surface area contributed by atoms with Gasteiger partial charge in [0.1, 0.15) is 5.69 Å². The molecule has 0 amide bonds. The largest absolute Gasteiger partial charge is 0.418 e. The van der Waals surface area contributed by atoms with E-state index in [1.54, 1.807) is 6.07 Å². The molecule has 0 radical (unpaired) electrons. The fourth-order valence-electron chi connectivity index (χ4n) is 1.96. The van der Waals surface area contributed by atoms with Crippen LogP contribution in [0.2, 0.25) is 0 Å². The van der Waals surface area contributed by atoms with Crippen LogP contribution in [-0.2, 0) is 6.18 Å². The molecule has 3 aromatic heterocycles. The Kier molecular flexibility index (Phi) is 2.93. The first-order chi connectivity index (χ1) is 9.97. The number of hydrogen-bond acceptors (Lipinski definition) is 5. The van der Waals surface area contributed by atoms with Gasteiger partial charge in [-0.25, -0.2) is 4.98 Å². The Bertz CT molecular complexity index is 816. The molecule has 0 bridgehead atoms. The zero-order valence-corrected chi connectivity index (χ0v) is 10.5. The van der Waals surface area contributed by atoms with Crippen LogP contribution in [0.15, 0.2) is 36.7 Å². The summed E-state index contributed by atoms with van der Waals surface area (Å²) in [5.41, 5.74) is 5.02. The van der Waals surface area contributed by atoms with E-state index in [4.69, 9.17) is 5.73 Å². The smallest absolute Gasteiger partial charge is 0.382 e. The van der Waals surface area contributed by atoms with Crippen molar-refractivity contribution in [2.45, 2.75) is 6.18 Å². The zero-order chi connectivity index (χ0) is 15.0. The van der Waals surface area contributed by atoms with Gasteiger partial charge in [0.2, 0.25) is 0 Å².